The van der Waals surface area contributed by atoms with Crippen LogP contribution in [0.2, 0.25) is 0 Å². The van der Waals surface area contributed by atoms with Crippen LogP contribution in [-0.4, -0.2) is 39.6 Å². The van der Waals surface area contributed by atoms with Crippen LogP contribution in [0.5, 0.6) is 0 Å². The second-order valence-corrected chi connectivity index (χ2v) is 2.67. The summed E-state index contributed by atoms with van der Waals surface area (Å²) in [7, 11) is 0. The van der Waals surface area contributed by atoms with E-state index in [1.807, 2.05) is 29.5 Å². The van der Waals surface area contributed by atoms with Crippen molar-refractivity contribution in [3.63, 3.8) is 0 Å². The van der Waals surface area contributed by atoms with Gasteiger partial charge in [-0.2, -0.15) is 0 Å². The van der Waals surface area contributed by atoms with Crippen LogP contribution in [0.15, 0.2) is 0 Å². The van der Waals surface area contributed by atoms with Gasteiger partial charge in [0.05, 0.1) is 26.4 Å². The van der Waals surface area contributed by atoms with E-state index in [9.17, 15) is 0 Å². The molecule has 0 atom stereocenters. The number of rotatable bonds is 8. The van der Waals surface area contributed by atoms with Crippen molar-refractivity contribution in [2.24, 2.45) is 0 Å². The molecular formula is C9H15IO3. The summed E-state index contributed by atoms with van der Waals surface area (Å²) in [5.41, 5.74) is 0. The van der Waals surface area contributed by atoms with Gasteiger partial charge in [-0.3, -0.25) is 0 Å². The van der Waals surface area contributed by atoms with Crippen LogP contribution in [0.3, 0.4) is 0 Å². The second-order valence-electron chi connectivity index (χ2n) is 2.13. The summed E-state index contributed by atoms with van der Waals surface area (Å²) in [6.45, 7) is 5.68. The molecule has 0 aromatic carbocycles. The molecule has 0 bridgehead atoms. The van der Waals surface area contributed by atoms with Crippen molar-refractivity contribution in [1.29, 1.82) is 0 Å². The first kappa shape index (κ1) is 13.2. The number of ether oxygens (including phenoxy) is 3. The minimum Gasteiger partial charge on any atom is -0.379 e. The van der Waals surface area contributed by atoms with Gasteiger partial charge in [-0.15, -0.1) is 0 Å². The molecule has 76 valence electrons. The lowest BCUT2D eigenvalue weighted by molar-refractivity contribution is 0.0231. The summed E-state index contributed by atoms with van der Waals surface area (Å²) in [6.07, 6.45) is 0. The van der Waals surface area contributed by atoms with Gasteiger partial charge in [-0.25, -0.2) is 0 Å². The molecule has 0 amide bonds. The van der Waals surface area contributed by atoms with Crippen LogP contribution in [0.25, 0.3) is 0 Å². The lowest BCUT2D eigenvalue weighted by Gasteiger charge is -2.03. The summed E-state index contributed by atoms with van der Waals surface area (Å²) >= 11 is 1.98. The van der Waals surface area contributed by atoms with Crippen molar-refractivity contribution in [3.8, 4) is 9.85 Å². The van der Waals surface area contributed by atoms with E-state index in [-0.39, 0.29) is 0 Å². The Bertz CT molecular complexity index is 151. The molecule has 4 heteroatoms. The molecule has 0 N–H and O–H groups in total. The SMILES string of the molecule is CCOCCOCCOCC#CI. The standard InChI is InChI=1S/C9H15IO3/c1-2-11-6-7-13-9-8-12-5-3-4-10/h2,5-9H2,1H3. The molecule has 0 fully saturated rings. The normalized spacial score (nSPS) is 9.38. The molecule has 0 heterocycles. The van der Waals surface area contributed by atoms with Crippen molar-refractivity contribution >= 4 is 22.6 Å². The molecule has 0 saturated carbocycles. The van der Waals surface area contributed by atoms with E-state index in [1.54, 1.807) is 0 Å². The number of hydrogen-bond donors (Lipinski definition) is 0. The summed E-state index contributed by atoms with van der Waals surface area (Å²) in [5, 5.41) is 0. The molecule has 0 aliphatic heterocycles. The molecule has 0 rings (SSSR count). The Balaban J connectivity index is 2.86. The van der Waals surface area contributed by atoms with E-state index in [1.165, 1.54) is 0 Å². The third-order valence-electron chi connectivity index (χ3n) is 1.19. The van der Waals surface area contributed by atoms with Gasteiger partial charge in [0.15, 0.2) is 0 Å². The largest absolute Gasteiger partial charge is 0.379 e. The lowest BCUT2D eigenvalue weighted by Crippen LogP contribution is -2.09. The molecule has 0 unspecified atom stereocenters. The first-order chi connectivity index (χ1) is 6.41. The van der Waals surface area contributed by atoms with Crippen molar-refractivity contribution in [3.05, 3.63) is 0 Å². The molecule has 0 aliphatic carbocycles. The fourth-order valence-electron chi connectivity index (χ4n) is 0.633. The average Bonchev–Trinajstić information content (AvgIpc) is 2.16. The van der Waals surface area contributed by atoms with Crippen LogP contribution in [0.1, 0.15) is 6.92 Å². The van der Waals surface area contributed by atoms with Gasteiger partial charge in [0.2, 0.25) is 0 Å². The first-order valence-electron chi connectivity index (χ1n) is 4.23. The van der Waals surface area contributed by atoms with Gasteiger partial charge in [0, 0.05) is 29.2 Å². The molecule has 3 nitrogen and oxygen atoms in total. The van der Waals surface area contributed by atoms with Gasteiger partial charge in [-0.1, -0.05) is 5.92 Å². The first-order valence-corrected chi connectivity index (χ1v) is 5.31. The quantitative estimate of drug-likeness (QED) is 0.386. The van der Waals surface area contributed by atoms with E-state index >= 15 is 0 Å². The van der Waals surface area contributed by atoms with Crippen LogP contribution < -0.4 is 0 Å². The van der Waals surface area contributed by atoms with Crippen LogP contribution in [-0.2, 0) is 14.2 Å². The Hall–Kier alpha value is 0.170. The zero-order valence-corrected chi connectivity index (χ0v) is 10.0. The highest BCUT2D eigenvalue weighted by molar-refractivity contribution is 14.1. The topological polar surface area (TPSA) is 27.7 Å². The van der Waals surface area contributed by atoms with E-state index in [0.29, 0.717) is 33.0 Å². The molecule has 0 aromatic rings. The fourth-order valence-corrected chi connectivity index (χ4v) is 0.788. The van der Waals surface area contributed by atoms with Crippen LogP contribution >= 0.6 is 22.6 Å². The maximum absolute atomic E-state index is 5.22. The molecule has 0 spiro atoms. The maximum atomic E-state index is 5.22. The maximum Gasteiger partial charge on any atom is 0.108 e. The Morgan fingerprint density at radius 1 is 1.00 bits per heavy atom. The second kappa shape index (κ2) is 12.2. The van der Waals surface area contributed by atoms with E-state index in [0.717, 1.165) is 6.61 Å². The van der Waals surface area contributed by atoms with Crippen LogP contribution in [0.4, 0.5) is 0 Å². The summed E-state index contributed by atoms with van der Waals surface area (Å²) in [4.78, 5) is 0. The summed E-state index contributed by atoms with van der Waals surface area (Å²) in [6, 6.07) is 0. The van der Waals surface area contributed by atoms with Gasteiger partial charge in [0.1, 0.15) is 6.61 Å². The third kappa shape index (κ3) is 12.2. The predicted octanol–water partition coefficient (Wildman–Crippen LogP) is 1.45. The molecule has 0 aromatic heterocycles. The molecular weight excluding hydrogens is 283 g/mol. The van der Waals surface area contributed by atoms with E-state index in [4.69, 9.17) is 14.2 Å². The highest BCUT2D eigenvalue weighted by atomic mass is 127. The molecule has 0 aliphatic rings. The monoisotopic (exact) mass is 298 g/mol. The Morgan fingerprint density at radius 3 is 2.23 bits per heavy atom. The van der Waals surface area contributed by atoms with Gasteiger partial charge < -0.3 is 14.2 Å². The Kier molecular flexibility index (Phi) is 12.3. The van der Waals surface area contributed by atoms with E-state index in [2.05, 4.69) is 9.85 Å². The third-order valence-corrected chi connectivity index (χ3v) is 1.57. The predicted molar refractivity (Wildman–Crippen MR) is 59.9 cm³/mol. The fraction of sp³-hybridized carbons (Fsp3) is 0.778. The summed E-state index contributed by atoms with van der Waals surface area (Å²) < 4.78 is 18.2. The van der Waals surface area contributed by atoms with Gasteiger partial charge >= 0.3 is 0 Å². The minimum atomic E-state index is 0.484. The highest BCUT2D eigenvalue weighted by Crippen LogP contribution is 1.80. The Morgan fingerprint density at radius 2 is 1.62 bits per heavy atom. The van der Waals surface area contributed by atoms with Gasteiger partial charge in [-0.05, 0) is 10.9 Å². The zero-order valence-electron chi connectivity index (χ0n) is 7.85. The molecule has 0 radical (unpaired) electrons. The highest BCUT2D eigenvalue weighted by Gasteiger charge is 1.88. The van der Waals surface area contributed by atoms with Crippen molar-refractivity contribution in [1.82, 2.24) is 0 Å². The van der Waals surface area contributed by atoms with Gasteiger partial charge in [0.25, 0.3) is 0 Å². The smallest absolute Gasteiger partial charge is 0.108 e. The average molecular weight is 298 g/mol. The molecule has 0 saturated heterocycles. The van der Waals surface area contributed by atoms with Crippen molar-refractivity contribution < 1.29 is 14.2 Å². The zero-order chi connectivity index (χ0) is 9.78. The Labute approximate surface area is 93.3 Å². The summed E-state index contributed by atoms with van der Waals surface area (Å²) in [5.74, 6) is 2.79. The number of halogens is 1. The number of hydrogen-bond acceptors (Lipinski definition) is 3. The minimum absolute atomic E-state index is 0.484. The van der Waals surface area contributed by atoms with Crippen LogP contribution in [0, 0.1) is 9.85 Å². The van der Waals surface area contributed by atoms with Crippen molar-refractivity contribution in [2.45, 2.75) is 6.92 Å². The lowest BCUT2D eigenvalue weighted by atomic mass is 10.7. The van der Waals surface area contributed by atoms with Crippen molar-refractivity contribution in [2.75, 3.05) is 39.6 Å². The van der Waals surface area contributed by atoms with E-state index < -0.39 is 0 Å². The molecule has 13 heavy (non-hydrogen) atoms.